The van der Waals surface area contributed by atoms with E-state index in [0.717, 1.165) is 12.8 Å². The SMILES string of the molecule is CC(=O)O[C@@H]1CCCC[C@@H]1N1C(=O)c2ccccc2C1=O. The summed E-state index contributed by atoms with van der Waals surface area (Å²) in [6.45, 7) is 1.36. The third-order valence-electron chi connectivity index (χ3n) is 4.14. The van der Waals surface area contributed by atoms with Gasteiger partial charge < -0.3 is 4.74 Å². The zero-order chi connectivity index (χ0) is 15.0. The van der Waals surface area contributed by atoms with Crippen LogP contribution < -0.4 is 0 Å². The Bertz CT molecular complexity index is 575. The summed E-state index contributed by atoms with van der Waals surface area (Å²) < 4.78 is 5.33. The maximum absolute atomic E-state index is 12.5. The minimum absolute atomic E-state index is 0.278. The largest absolute Gasteiger partial charge is 0.460 e. The van der Waals surface area contributed by atoms with Crippen molar-refractivity contribution in [2.75, 3.05) is 0 Å². The van der Waals surface area contributed by atoms with Gasteiger partial charge in [-0.2, -0.15) is 0 Å². The Kier molecular flexibility index (Phi) is 3.49. The van der Waals surface area contributed by atoms with Crippen molar-refractivity contribution in [3.63, 3.8) is 0 Å². The zero-order valence-electron chi connectivity index (χ0n) is 11.9. The van der Waals surface area contributed by atoms with Crippen molar-refractivity contribution >= 4 is 17.8 Å². The lowest BCUT2D eigenvalue weighted by Gasteiger charge is -2.35. The van der Waals surface area contributed by atoms with E-state index in [4.69, 9.17) is 4.74 Å². The minimum Gasteiger partial charge on any atom is -0.460 e. The van der Waals surface area contributed by atoms with Gasteiger partial charge >= 0.3 is 5.97 Å². The van der Waals surface area contributed by atoms with Crippen LogP contribution in [0.15, 0.2) is 24.3 Å². The van der Waals surface area contributed by atoms with E-state index in [-0.39, 0.29) is 23.8 Å². The lowest BCUT2D eigenvalue weighted by molar-refractivity contribution is -0.150. The van der Waals surface area contributed by atoms with E-state index in [9.17, 15) is 14.4 Å². The van der Waals surface area contributed by atoms with E-state index in [2.05, 4.69) is 0 Å². The van der Waals surface area contributed by atoms with Gasteiger partial charge in [-0.15, -0.1) is 0 Å². The van der Waals surface area contributed by atoms with Crippen LogP contribution in [0.3, 0.4) is 0 Å². The van der Waals surface area contributed by atoms with Crippen LogP contribution in [0.5, 0.6) is 0 Å². The number of hydrogen-bond donors (Lipinski definition) is 0. The molecule has 1 fully saturated rings. The van der Waals surface area contributed by atoms with Crippen LogP contribution in [0.25, 0.3) is 0 Å². The maximum atomic E-state index is 12.5. The Morgan fingerprint density at radius 1 is 1.10 bits per heavy atom. The van der Waals surface area contributed by atoms with Gasteiger partial charge in [0.25, 0.3) is 11.8 Å². The number of esters is 1. The van der Waals surface area contributed by atoms with E-state index in [1.54, 1.807) is 24.3 Å². The number of amides is 2. The van der Waals surface area contributed by atoms with Crippen LogP contribution in [0.2, 0.25) is 0 Å². The molecule has 1 aliphatic heterocycles. The number of carbonyl (C=O) groups excluding carboxylic acids is 3. The molecule has 0 bridgehead atoms. The fraction of sp³-hybridized carbons (Fsp3) is 0.438. The highest BCUT2D eigenvalue weighted by Gasteiger charge is 2.44. The molecule has 2 amide bonds. The summed E-state index contributed by atoms with van der Waals surface area (Å²) in [6, 6.07) is 6.48. The normalized spacial score (nSPS) is 24.9. The molecule has 0 aromatic heterocycles. The molecular formula is C16H17NO4. The Morgan fingerprint density at radius 2 is 1.67 bits per heavy atom. The monoisotopic (exact) mass is 287 g/mol. The van der Waals surface area contributed by atoms with Crippen molar-refractivity contribution in [2.24, 2.45) is 0 Å². The van der Waals surface area contributed by atoms with Gasteiger partial charge in [0, 0.05) is 6.92 Å². The van der Waals surface area contributed by atoms with Crippen LogP contribution in [0.4, 0.5) is 0 Å². The Labute approximate surface area is 122 Å². The fourth-order valence-corrected chi connectivity index (χ4v) is 3.23. The smallest absolute Gasteiger partial charge is 0.302 e. The maximum Gasteiger partial charge on any atom is 0.302 e. The molecule has 21 heavy (non-hydrogen) atoms. The van der Waals surface area contributed by atoms with Gasteiger partial charge in [0.05, 0.1) is 17.2 Å². The fourth-order valence-electron chi connectivity index (χ4n) is 3.23. The van der Waals surface area contributed by atoms with Gasteiger partial charge in [-0.1, -0.05) is 18.6 Å². The van der Waals surface area contributed by atoms with Gasteiger partial charge in [-0.05, 0) is 31.4 Å². The van der Waals surface area contributed by atoms with Crippen molar-refractivity contribution in [1.29, 1.82) is 0 Å². The van der Waals surface area contributed by atoms with Crippen molar-refractivity contribution < 1.29 is 19.1 Å². The molecule has 1 aromatic rings. The summed E-state index contributed by atoms with van der Waals surface area (Å²) in [6.07, 6.45) is 2.85. The van der Waals surface area contributed by atoms with Crippen molar-refractivity contribution in [1.82, 2.24) is 4.90 Å². The van der Waals surface area contributed by atoms with Crippen LogP contribution in [0, 0.1) is 0 Å². The second-order valence-electron chi connectivity index (χ2n) is 5.53. The molecule has 0 N–H and O–H groups in total. The third-order valence-corrected chi connectivity index (χ3v) is 4.14. The lowest BCUT2D eigenvalue weighted by atomic mass is 9.91. The number of imide groups is 1. The van der Waals surface area contributed by atoms with E-state index in [1.165, 1.54) is 11.8 Å². The average molecular weight is 287 g/mol. The molecule has 2 aliphatic rings. The molecule has 0 radical (unpaired) electrons. The molecule has 1 aromatic carbocycles. The second kappa shape index (κ2) is 5.31. The molecular weight excluding hydrogens is 270 g/mol. The summed E-state index contributed by atoms with van der Waals surface area (Å²) in [7, 11) is 0. The first-order valence-corrected chi connectivity index (χ1v) is 7.23. The average Bonchev–Trinajstić information content (AvgIpc) is 2.72. The third kappa shape index (κ3) is 2.33. The van der Waals surface area contributed by atoms with Crippen molar-refractivity contribution in [2.45, 2.75) is 44.8 Å². The van der Waals surface area contributed by atoms with E-state index < -0.39 is 6.10 Å². The molecule has 2 atom stereocenters. The minimum atomic E-state index is -0.390. The molecule has 0 saturated heterocycles. The summed E-state index contributed by atoms with van der Waals surface area (Å²) >= 11 is 0. The first kappa shape index (κ1) is 13.8. The first-order valence-electron chi connectivity index (χ1n) is 7.23. The molecule has 3 rings (SSSR count). The molecule has 1 heterocycles. The van der Waals surface area contributed by atoms with Gasteiger partial charge in [0.1, 0.15) is 6.10 Å². The molecule has 110 valence electrons. The van der Waals surface area contributed by atoms with Gasteiger partial charge in [0.15, 0.2) is 0 Å². The van der Waals surface area contributed by atoms with E-state index >= 15 is 0 Å². The lowest BCUT2D eigenvalue weighted by Crippen LogP contribution is -2.49. The summed E-state index contributed by atoms with van der Waals surface area (Å²) in [5.74, 6) is -0.928. The van der Waals surface area contributed by atoms with Crippen molar-refractivity contribution in [3.05, 3.63) is 35.4 Å². The van der Waals surface area contributed by atoms with Gasteiger partial charge in [0.2, 0.25) is 0 Å². The molecule has 1 aliphatic carbocycles. The zero-order valence-corrected chi connectivity index (χ0v) is 11.9. The predicted molar refractivity (Wildman–Crippen MR) is 74.8 cm³/mol. The summed E-state index contributed by atoms with van der Waals surface area (Å²) in [5.41, 5.74) is 0.879. The number of benzene rings is 1. The highest BCUT2D eigenvalue weighted by atomic mass is 16.5. The number of nitrogens with zero attached hydrogens (tertiary/aromatic N) is 1. The Hall–Kier alpha value is -2.17. The first-order chi connectivity index (χ1) is 10.1. The predicted octanol–water partition coefficient (Wildman–Crippen LogP) is 2.16. The topological polar surface area (TPSA) is 63.7 Å². The summed E-state index contributed by atoms with van der Waals surface area (Å²) in [4.78, 5) is 37.5. The van der Waals surface area contributed by atoms with Crippen LogP contribution in [0.1, 0.15) is 53.3 Å². The number of carbonyl (C=O) groups is 3. The number of fused-ring (bicyclic) bond motifs is 1. The molecule has 5 nitrogen and oxygen atoms in total. The van der Waals surface area contributed by atoms with Crippen LogP contribution in [-0.2, 0) is 9.53 Å². The summed E-state index contributed by atoms with van der Waals surface area (Å²) in [5, 5.41) is 0. The Morgan fingerprint density at radius 3 is 2.24 bits per heavy atom. The van der Waals surface area contributed by atoms with E-state index in [0.29, 0.717) is 24.0 Å². The molecule has 5 heteroatoms. The van der Waals surface area contributed by atoms with Crippen LogP contribution in [-0.4, -0.2) is 34.8 Å². The van der Waals surface area contributed by atoms with Gasteiger partial charge in [-0.25, -0.2) is 0 Å². The van der Waals surface area contributed by atoms with E-state index in [1.807, 2.05) is 0 Å². The Balaban J connectivity index is 1.91. The highest BCUT2D eigenvalue weighted by molar-refractivity contribution is 6.21. The highest BCUT2D eigenvalue weighted by Crippen LogP contribution is 2.32. The van der Waals surface area contributed by atoms with Crippen molar-refractivity contribution in [3.8, 4) is 0 Å². The molecule has 0 spiro atoms. The number of rotatable bonds is 2. The van der Waals surface area contributed by atoms with Crippen LogP contribution >= 0.6 is 0 Å². The number of hydrogen-bond acceptors (Lipinski definition) is 4. The molecule has 1 saturated carbocycles. The standard InChI is InChI=1S/C16H17NO4/c1-10(18)21-14-9-5-4-8-13(14)17-15(19)11-6-2-3-7-12(11)16(17)20/h2-3,6-7,13-14H,4-5,8-9H2,1H3/t13-,14+/m0/s1. The van der Waals surface area contributed by atoms with Gasteiger partial charge in [-0.3, -0.25) is 19.3 Å². The number of ether oxygens (including phenoxy) is 1. The molecule has 0 unspecified atom stereocenters. The quantitative estimate of drug-likeness (QED) is 0.617. The second-order valence-corrected chi connectivity index (χ2v) is 5.53.